The van der Waals surface area contributed by atoms with Gasteiger partial charge in [0.2, 0.25) is 11.8 Å². The molecule has 6 heteroatoms. The second kappa shape index (κ2) is 15.9. The lowest BCUT2D eigenvalue weighted by Gasteiger charge is -2.38. The molecular formula is C34H50N4O2. The zero-order valence-corrected chi connectivity index (χ0v) is 24.3. The molecule has 40 heavy (non-hydrogen) atoms. The van der Waals surface area contributed by atoms with Crippen LogP contribution in [0.1, 0.15) is 88.2 Å². The van der Waals surface area contributed by atoms with Crippen molar-refractivity contribution < 1.29 is 9.59 Å². The van der Waals surface area contributed by atoms with E-state index in [0.29, 0.717) is 12.8 Å². The molecule has 2 heterocycles. The van der Waals surface area contributed by atoms with Crippen molar-refractivity contribution in [2.45, 2.75) is 87.9 Å². The summed E-state index contributed by atoms with van der Waals surface area (Å²) in [6, 6.07) is 21.3. The fraction of sp³-hybridized carbons (Fsp3) is 0.588. The first-order chi connectivity index (χ1) is 19.6. The quantitative estimate of drug-likeness (QED) is 0.238. The predicted octanol–water partition coefficient (Wildman–Crippen LogP) is 4.98. The van der Waals surface area contributed by atoms with Gasteiger partial charge in [-0.05, 0) is 75.8 Å². The summed E-state index contributed by atoms with van der Waals surface area (Å²) in [5, 5.41) is 13.4. The van der Waals surface area contributed by atoms with Gasteiger partial charge >= 0.3 is 0 Å². The lowest BCUT2D eigenvalue weighted by molar-refractivity contribution is -0.122. The number of carbonyl (C=O) groups is 2. The molecule has 0 aliphatic carbocycles. The highest BCUT2D eigenvalue weighted by Gasteiger charge is 2.35. The summed E-state index contributed by atoms with van der Waals surface area (Å²) in [5.74, 6) is 0.347. The number of amides is 2. The van der Waals surface area contributed by atoms with Gasteiger partial charge in [0.25, 0.3) is 0 Å². The number of unbranched alkanes of at least 4 members (excludes halogenated alkanes) is 5. The lowest BCUT2D eigenvalue weighted by Crippen LogP contribution is -2.47. The first-order valence-corrected chi connectivity index (χ1v) is 15.7. The van der Waals surface area contributed by atoms with E-state index in [4.69, 9.17) is 0 Å². The van der Waals surface area contributed by atoms with Crippen LogP contribution in [0.3, 0.4) is 0 Å². The van der Waals surface area contributed by atoms with E-state index in [9.17, 15) is 9.59 Å². The standard InChI is InChI=1S/C34H50N4O2/c39-31(37-27-33(19-23-35-24-20-33)29-13-7-5-8-14-29)17-11-3-1-2-4-12-18-32(40)38-28-34(21-25-36-26-22-34)30-15-9-6-10-16-30/h5-10,13-16,35-36H,1-4,11-12,17-28H2,(H,37,39)(H,38,40). The minimum absolute atomic E-state index is 0.0458. The van der Waals surface area contributed by atoms with E-state index >= 15 is 0 Å². The zero-order valence-electron chi connectivity index (χ0n) is 24.3. The van der Waals surface area contributed by atoms with Gasteiger partial charge in [-0.1, -0.05) is 86.3 Å². The van der Waals surface area contributed by atoms with Crippen molar-refractivity contribution in [1.82, 2.24) is 21.3 Å². The van der Waals surface area contributed by atoms with E-state index in [1.807, 2.05) is 0 Å². The molecule has 2 amide bonds. The Morgan fingerprint density at radius 3 is 1.27 bits per heavy atom. The minimum Gasteiger partial charge on any atom is -0.355 e. The summed E-state index contributed by atoms with van der Waals surface area (Å²) in [6.07, 6.45) is 11.7. The number of piperidine rings is 2. The van der Waals surface area contributed by atoms with Gasteiger partial charge in [0.15, 0.2) is 0 Å². The van der Waals surface area contributed by atoms with E-state index in [1.54, 1.807) is 0 Å². The Balaban J connectivity index is 1.05. The SMILES string of the molecule is O=C(CCCCCCCCC(=O)NCC1(c2ccccc2)CCNCC1)NCC1(c2ccccc2)CCNCC1. The van der Waals surface area contributed by atoms with Crippen molar-refractivity contribution >= 4 is 11.8 Å². The third-order valence-corrected chi connectivity index (χ3v) is 9.20. The maximum Gasteiger partial charge on any atom is 0.220 e. The summed E-state index contributed by atoms with van der Waals surface area (Å²) >= 11 is 0. The maximum absolute atomic E-state index is 12.6. The molecule has 218 valence electrons. The average Bonchev–Trinajstić information content (AvgIpc) is 3.02. The monoisotopic (exact) mass is 546 g/mol. The van der Waals surface area contributed by atoms with Crippen LogP contribution < -0.4 is 21.3 Å². The van der Waals surface area contributed by atoms with Crippen molar-refractivity contribution in [3.05, 3.63) is 71.8 Å². The van der Waals surface area contributed by atoms with Gasteiger partial charge < -0.3 is 21.3 Å². The molecule has 2 aliphatic rings. The Morgan fingerprint density at radius 2 is 0.900 bits per heavy atom. The van der Waals surface area contributed by atoms with Crippen LogP contribution in [0.5, 0.6) is 0 Å². The largest absolute Gasteiger partial charge is 0.355 e. The van der Waals surface area contributed by atoms with Crippen molar-refractivity contribution in [1.29, 1.82) is 0 Å². The van der Waals surface area contributed by atoms with Crippen LogP contribution in [0.4, 0.5) is 0 Å². The molecule has 0 radical (unpaired) electrons. The van der Waals surface area contributed by atoms with E-state index in [1.165, 1.54) is 11.1 Å². The van der Waals surface area contributed by atoms with Gasteiger partial charge in [-0.3, -0.25) is 9.59 Å². The first-order valence-electron chi connectivity index (χ1n) is 15.7. The third kappa shape index (κ3) is 8.90. The normalized spacial score (nSPS) is 18.1. The second-order valence-electron chi connectivity index (χ2n) is 12.0. The molecular weight excluding hydrogens is 496 g/mol. The van der Waals surface area contributed by atoms with Gasteiger partial charge in [0.05, 0.1) is 0 Å². The summed E-state index contributed by atoms with van der Waals surface area (Å²) < 4.78 is 0. The molecule has 0 spiro atoms. The Labute approximate surface area is 241 Å². The predicted molar refractivity (Wildman–Crippen MR) is 163 cm³/mol. The van der Waals surface area contributed by atoms with E-state index in [-0.39, 0.29) is 22.6 Å². The van der Waals surface area contributed by atoms with Crippen LogP contribution in [0.25, 0.3) is 0 Å². The molecule has 2 saturated heterocycles. The third-order valence-electron chi connectivity index (χ3n) is 9.20. The van der Waals surface area contributed by atoms with Gasteiger partial charge in [-0.25, -0.2) is 0 Å². The maximum atomic E-state index is 12.6. The van der Waals surface area contributed by atoms with Gasteiger partial charge in [-0.2, -0.15) is 0 Å². The van der Waals surface area contributed by atoms with Gasteiger partial charge in [0, 0.05) is 36.8 Å². The van der Waals surface area contributed by atoms with Crippen molar-refractivity contribution in [3.63, 3.8) is 0 Å². The summed E-state index contributed by atoms with van der Waals surface area (Å²) in [4.78, 5) is 25.2. The van der Waals surface area contributed by atoms with E-state index in [2.05, 4.69) is 81.9 Å². The van der Waals surface area contributed by atoms with Crippen molar-refractivity contribution in [3.8, 4) is 0 Å². The smallest absolute Gasteiger partial charge is 0.220 e. The number of carbonyl (C=O) groups excluding carboxylic acids is 2. The highest BCUT2D eigenvalue weighted by atomic mass is 16.2. The summed E-state index contributed by atoms with van der Waals surface area (Å²) in [6.45, 7) is 5.44. The van der Waals surface area contributed by atoms with Gasteiger partial charge in [-0.15, -0.1) is 0 Å². The Hall–Kier alpha value is -2.70. The molecule has 0 atom stereocenters. The molecule has 2 aromatic rings. The fourth-order valence-electron chi connectivity index (χ4n) is 6.52. The van der Waals surface area contributed by atoms with Gasteiger partial charge in [0.1, 0.15) is 0 Å². The lowest BCUT2D eigenvalue weighted by atomic mass is 9.73. The number of benzene rings is 2. The topological polar surface area (TPSA) is 82.3 Å². The number of rotatable bonds is 15. The van der Waals surface area contributed by atoms with Crippen LogP contribution in [-0.2, 0) is 20.4 Å². The van der Waals surface area contributed by atoms with Crippen LogP contribution in [0, 0.1) is 0 Å². The Bertz CT molecular complexity index is 931. The van der Waals surface area contributed by atoms with Crippen LogP contribution in [0.2, 0.25) is 0 Å². The van der Waals surface area contributed by atoms with E-state index < -0.39 is 0 Å². The summed E-state index contributed by atoms with van der Waals surface area (Å²) in [5.41, 5.74) is 2.77. The molecule has 4 N–H and O–H groups in total. The molecule has 2 aliphatic heterocycles. The van der Waals surface area contributed by atoms with E-state index in [0.717, 1.165) is 103 Å². The minimum atomic E-state index is 0.0458. The molecule has 2 aromatic carbocycles. The molecule has 6 nitrogen and oxygen atoms in total. The first kappa shape index (κ1) is 30.3. The van der Waals surface area contributed by atoms with Crippen LogP contribution in [-0.4, -0.2) is 51.1 Å². The number of nitrogens with one attached hydrogen (secondary N) is 4. The molecule has 0 saturated carbocycles. The molecule has 0 bridgehead atoms. The van der Waals surface area contributed by atoms with Crippen LogP contribution in [0.15, 0.2) is 60.7 Å². The van der Waals surface area contributed by atoms with Crippen molar-refractivity contribution in [2.75, 3.05) is 39.3 Å². The zero-order chi connectivity index (χ0) is 27.9. The Kier molecular flexibility index (Phi) is 12.0. The Morgan fingerprint density at radius 1 is 0.550 bits per heavy atom. The number of hydrogen-bond acceptors (Lipinski definition) is 4. The molecule has 2 fully saturated rings. The van der Waals surface area contributed by atoms with Crippen molar-refractivity contribution in [2.24, 2.45) is 0 Å². The number of hydrogen-bond donors (Lipinski definition) is 4. The highest BCUT2D eigenvalue weighted by molar-refractivity contribution is 5.76. The molecule has 4 rings (SSSR count). The average molecular weight is 547 g/mol. The highest BCUT2D eigenvalue weighted by Crippen LogP contribution is 2.34. The second-order valence-corrected chi connectivity index (χ2v) is 12.0. The summed E-state index contributed by atoms with van der Waals surface area (Å²) in [7, 11) is 0. The van der Waals surface area contributed by atoms with Crippen LogP contribution >= 0.6 is 0 Å². The fourth-order valence-corrected chi connectivity index (χ4v) is 6.52. The molecule has 0 aromatic heterocycles. The molecule has 0 unspecified atom stereocenters.